The first-order valence-electron chi connectivity index (χ1n) is 5.88. The third-order valence-corrected chi connectivity index (χ3v) is 2.53. The van der Waals surface area contributed by atoms with Gasteiger partial charge in [0.05, 0.1) is 19.3 Å². The first-order chi connectivity index (χ1) is 8.54. The van der Waals surface area contributed by atoms with Crippen LogP contribution in [0.3, 0.4) is 0 Å². The number of ether oxygens (including phenoxy) is 2. The highest BCUT2D eigenvalue weighted by Gasteiger charge is 2.11. The first kappa shape index (κ1) is 14.2. The molecule has 1 aromatic rings. The Balaban J connectivity index is 2.48. The van der Waals surface area contributed by atoms with Crippen molar-refractivity contribution in [2.75, 3.05) is 13.7 Å². The minimum Gasteiger partial charge on any atom is -0.497 e. The average Bonchev–Trinajstić information content (AvgIpc) is 2.38. The minimum absolute atomic E-state index is 0.0273. The molecule has 1 rings (SSSR count). The van der Waals surface area contributed by atoms with Crippen LogP contribution in [0.5, 0.6) is 5.75 Å². The second kappa shape index (κ2) is 6.79. The normalized spacial score (nSPS) is 10.2. The zero-order chi connectivity index (χ0) is 13.5. The smallest absolute Gasteiger partial charge is 0.338 e. The van der Waals surface area contributed by atoms with Crippen molar-refractivity contribution in [2.45, 2.75) is 20.3 Å². The molecule has 0 aliphatic rings. The molecule has 0 aromatic heterocycles. The number of hydrogen-bond donors (Lipinski definition) is 0. The van der Waals surface area contributed by atoms with Gasteiger partial charge in [0.1, 0.15) is 11.5 Å². The maximum atomic E-state index is 11.7. The fraction of sp³-hybridized carbons (Fsp3) is 0.429. The summed E-state index contributed by atoms with van der Waals surface area (Å²) in [5, 5.41) is 0. The summed E-state index contributed by atoms with van der Waals surface area (Å²) in [5.41, 5.74) is 0.423. The Morgan fingerprint density at radius 1 is 1.28 bits per heavy atom. The lowest BCUT2D eigenvalue weighted by Crippen LogP contribution is -2.13. The number of hydrogen-bond acceptors (Lipinski definition) is 4. The van der Waals surface area contributed by atoms with E-state index in [1.807, 2.05) is 13.8 Å². The zero-order valence-corrected chi connectivity index (χ0v) is 10.9. The van der Waals surface area contributed by atoms with Crippen LogP contribution < -0.4 is 4.74 Å². The Morgan fingerprint density at radius 3 is 2.61 bits per heavy atom. The number of Topliss-reactive ketones (excluding diaryl/α,β-unsaturated/α-hetero) is 1. The van der Waals surface area contributed by atoms with E-state index in [1.54, 1.807) is 24.3 Å². The molecule has 0 aliphatic heterocycles. The van der Waals surface area contributed by atoms with E-state index in [0.29, 0.717) is 11.3 Å². The SMILES string of the molecule is COc1cccc(C(=O)OCCC(=O)C(C)C)c1. The molecular weight excluding hydrogens is 232 g/mol. The van der Waals surface area contributed by atoms with Crippen molar-refractivity contribution in [1.82, 2.24) is 0 Å². The Hall–Kier alpha value is -1.84. The molecule has 0 fully saturated rings. The van der Waals surface area contributed by atoms with E-state index in [0.717, 1.165) is 0 Å². The van der Waals surface area contributed by atoms with E-state index in [4.69, 9.17) is 9.47 Å². The third-order valence-electron chi connectivity index (χ3n) is 2.53. The number of carbonyl (C=O) groups excluding carboxylic acids is 2. The topological polar surface area (TPSA) is 52.6 Å². The van der Waals surface area contributed by atoms with E-state index >= 15 is 0 Å². The lowest BCUT2D eigenvalue weighted by atomic mass is 10.1. The monoisotopic (exact) mass is 250 g/mol. The predicted molar refractivity (Wildman–Crippen MR) is 67.7 cm³/mol. The van der Waals surface area contributed by atoms with Gasteiger partial charge in [-0.3, -0.25) is 4.79 Å². The van der Waals surface area contributed by atoms with Crippen LogP contribution >= 0.6 is 0 Å². The number of benzene rings is 1. The first-order valence-corrected chi connectivity index (χ1v) is 5.88. The van der Waals surface area contributed by atoms with Gasteiger partial charge in [0, 0.05) is 12.3 Å². The van der Waals surface area contributed by atoms with Crippen LogP contribution in [0.4, 0.5) is 0 Å². The highest BCUT2D eigenvalue weighted by atomic mass is 16.5. The van der Waals surface area contributed by atoms with Gasteiger partial charge in [0.15, 0.2) is 0 Å². The fourth-order valence-corrected chi connectivity index (χ4v) is 1.37. The van der Waals surface area contributed by atoms with Crippen molar-refractivity contribution in [3.63, 3.8) is 0 Å². The molecule has 4 nitrogen and oxygen atoms in total. The quantitative estimate of drug-likeness (QED) is 0.728. The minimum atomic E-state index is -0.439. The van der Waals surface area contributed by atoms with E-state index in [2.05, 4.69) is 0 Å². The van der Waals surface area contributed by atoms with Gasteiger partial charge < -0.3 is 9.47 Å². The van der Waals surface area contributed by atoms with Crippen molar-refractivity contribution < 1.29 is 19.1 Å². The van der Waals surface area contributed by atoms with Gasteiger partial charge in [-0.1, -0.05) is 19.9 Å². The van der Waals surface area contributed by atoms with E-state index in [1.165, 1.54) is 7.11 Å². The molecule has 0 saturated heterocycles. The standard InChI is InChI=1S/C14H18O4/c1-10(2)13(15)7-8-18-14(16)11-5-4-6-12(9-11)17-3/h4-6,9-10H,7-8H2,1-3H3. The largest absolute Gasteiger partial charge is 0.497 e. The van der Waals surface area contributed by atoms with E-state index in [9.17, 15) is 9.59 Å². The summed E-state index contributed by atoms with van der Waals surface area (Å²) in [4.78, 5) is 23.0. The summed E-state index contributed by atoms with van der Waals surface area (Å²) in [6.45, 7) is 3.77. The molecule has 0 N–H and O–H groups in total. The molecule has 0 atom stereocenters. The highest BCUT2D eigenvalue weighted by molar-refractivity contribution is 5.90. The van der Waals surface area contributed by atoms with E-state index < -0.39 is 5.97 Å². The Labute approximate surface area is 107 Å². The third kappa shape index (κ3) is 4.20. The molecular formula is C14H18O4. The van der Waals surface area contributed by atoms with E-state index in [-0.39, 0.29) is 24.7 Å². The van der Waals surface area contributed by atoms with Crippen LogP contribution in [0.25, 0.3) is 0 Å². The molecule has 0 unspecified atom stereocenters. The van der Waals surface area contributed by atoms with Crippen LogP contribution in [0, 0.1) is 5.92 Å². The fourth-order valence-electron chi connectivity index (χ4n) is 1.37. The van der Waals surface area contributed by atoms with Gasteiger partial charge in [0.25, 0.3) is 0 Å². The number of rotatable bonds is 6. The number of methoxy groups -OCH3 is 1. The molecule has 0 spiro atoms. The Bertz CT molecular complexity index is 424. The van der Waals surface area contributed by atoms with Crippen LogP contribution in [-0.2, 0) is 9.53 Å². The summed E-state index contributed by atoms with van der Waals surface area (Å²) in [6, 6.07) is 6.72. The van der Waals surface area contributed by atoms with Crippen LogP contribution in [0.15, 0.2) is 24.3 Å². The molecule has 1 aromatic carbocycles. The van der Waals surface area contributed by atoms with Crippen LogP contribution in [-0.4, -0.2) is 25.5 Å². The average molecular weight is 250 g/mol. The van der Waals surface area contributed by atoms with Gasteiger partial charge in [-0.15, -0.1) is 0 Å². The molecule has 4 heteroatoms. The van der Waals surface area contributed by atoms with Crippen molar-refractivity contribution >= 4 is 11.8 Å². The second-order valence-electron chi connectivity index (χ2n) is 4.24. The van der Waals surface area contributed by atoms with Gasteiger partial charge in [0.2, 0.25) is 0 Å². The van der Waals surface area contributed by atoms with Gasteiger partial charge in [-0.25, -0.2) is 4.79 Å². The lowest BCUT2D eigenvalue weighted by Gasteiger charge is -2.07. The summed E-state index contributed by atoms with van der Waals surface area (Å²) in [6.07, 6.45) is 0.257. The van der Waals surface area contributed by atoms with Crippen molar-refractivity contribution in [3.8, 4) is 5.75 Å². The molecule has 0 heterocycles. The lowest BCUT2D eigenvalue weighted by molar-refractivity contribution is -0.122. The maximum absolute atomic E-state index is 11.7. The Morgan fingerprint density at radius 2 is 2.00 bits per heavy atom. The molecule has 98 valence electrons. The summed E-state index contributed by atoms with van der Waals surface area (Å²) >= 11 is 0. The summed E-state index contributed by atoms with van der Waals surface area (Å²) in [5.74, 6) is 0.224. The number of carbonyl (C=O) groups is 2. The van der Waals surface area contributed by atoms with Gasteiger partial charge >= 0.3 is 5.97 Å². The molecule has 0 amide bonds. The maximum Gasteiger partial charge on any atom is 0.338 e. The van der Waals surface area contributed by atoms with Crippen molar-refractivity contribution in [2.24, 2.45) is 5.92 Å². The molecule has 0 radical (unpaired) electrons. The van der Waals surface area contributed by atoms with Crippen molar-refractivity contribution in [3.05, 3.63) is 29.8 Å². The molecule has 18 heavy (non-hydrogen) atoms. The predicted octanol–water partition coefficient (Wildman–Crippen LogP) is 2.47. The zero-order valence-electron chi connectivity index (χ0n) is 10.9. The molecule has 0 bridgehead atoms. The molecule has 0 saturated carbocycles. The summed E-state index contributed by atoms with van der Waals surface area (Å²) < 4.78 is 10.1. The highest BCUT2D eigenvalue weighted by Crippen LogP contribution is 2.13. The van der Waals surface area contributed by atoms with Gasteiger partial charge in [-0.05, 0) is 18.2 Å². The van der Waals surface area contributed by atoms with Crippen LogP contribution in [0.2, 0.25) is 0 Å². The molecule has 0 aliphatic carbocycles. The van der Waals surface area contributed by atoms with Crippen molar-refractivity contribution in [1.29, 1.82) is 0 Å². The second-order valence-corrected chi connectivity index (χ2v) is 4.24. The Kier molecular flexibility index (Phi) is 5.36. The number of ketones is 1. The van der Waals surface area contributed by atoms with Crippen LogP contribution in [0.1, 0.15) is 30.6 Å². The van der Waals surface area contributed by atoms with Gasteiger partial charge in [-0.2, -0.15) is 0 Å². The number of esters is 1. The summed E-state index contributed by atoms with van der Waals surface area (Å²) in [7, 11) is 1.53.